The van der Waals surface area contributed by atoms with Gasteiger partial charge in [-0.15, -0.1) is 0 Å². The minimum Gasteiger partial charge on any atom is -0.444 e. The maximum Gasteiger partial charge on any atom is 0.408 e. The quantitative estimate of drug-likeness (QED) is 0.607. The van der Waals surface area contributed by atoms with Crippen LogP contribution in [0.3, 0.4) is 0 Å². The molecule has 1 unspecified atom stereocenters. The second-order valence-corrected chi connectivity index (χ2v) is 9.76. The van der Waals surface area contributed by atoms with Crippen LogP contribution in [0.15, 0.2) is 60.9 Å². The Hall–Kier alpha value is -3.48. The SMILES string of the molecule is CC(C)(C)OC(=O)NC(Cc1ccccc1)C(=O)N1CCC(c2ncnc3ccccc23)CC1. The number of para-hydroxylation sites is 1. The molecule has 2 amide bonds. The number of hydrogen-bond acceptors (Lipinski definition) is 5. The average Bonchev–Trinajstić information content (AvgIpc) is 2.82. The van der Waals surface area contributed by atoms with E-state index in [0.717, 1.165) is 35.0 Å². The summed E-state index contributed by atoms with van der Waals surface area (Å²) in [5.41, 5.74) is 2.34. The smallest absolute Gasteiger partial charge is 0.408 e. The Labute approximate surface area is 200 Å². The summed E-state index contributed by atoms with van der Waals surface area (Å²) < 4.78 is 5.42. The van der Waals surface area contributed by atoms with E-state index in [4.69, 9.17) is 4.74 Å². The van der Waals surface area contributed by atoms with Gasteiger partial charge in [-0.1, -0.05) is 48.5 Å². The molecule has 0 aliphatic carbocycles. The zero-order valence-electron chi connectivity index (χ0n) is 20.0. The van der Waals surface area contributed by atoms with E-state index in [-0.39, 0.29) is 11.8 Å². The summed E-state index contributed by atoms with van der Waals surface area (Å²) in [6.45, 7) is 6.65. The number of amides is 2. The summed E-state index contributed by atoms with van der Waals surface area (Å²) in [5, 5.41) is 3.89. The van der Waals surface area contributed by atoms with Crippen LogP contribution in [0.4, 0.5) is 4.79 Å². The van der Waals surface area contributed by atoms with Crippen molar-refractivity contribution in [2.75, 3.05) is 13.1 Å². The number of ether oxygens (including phenoxy) is 1. The van der Waals surface area contributed by atoms with Crippen LogP contribution in [0.1, 0.15) is 50.8 Å². The van der Waals surface area contributed by atoms with Crippen molar-refractivity contribution in [3.05, 3.63) is 72.2 Å². The number of hydrogen-bond donors (Lipinski definition) is 1. The van der Waals surface area contributed by atoms with Gasteiger partial charge in [-0.05, 0) is 45.2 Å². The molecule has 0 saturated carbocycles. The van der Waals surface area contributed by atoms with Gasteiger partial charge in [0.25, 0.3) is 0 Å². The van der Waals surface area contributed by atoms with Gasteiger partial charge in [0.05, 0.1) is 11.2 Å². The van der Waals surface area contributed by atoms with E-state index in [9.17, 15) is 9.59 Å². The van der Waals surface area contributed by atoms with E-state index in [1.165, 1.54) is 0 Å². The van der Waals surface area contributed by atoms with Crippen molar-refractivity contribution in [2.45, 2.75) is 57.6 Å². The van der Waals surface area contributed by atoms with E-state index in [1.807, 2.05) is 74.2 Å². The van der Waals surface area contributed by atoms with E-state index < -0.39 is 17.7 Å². The van der Waals surface area contributed by atoms with Crippen LogP contribution in [0.25, 0.3) is 10.9 Å². The Morgan fingerprint density at radius 3 is 2.41 bits per heavy atom. The summed E-state index contributed by atoms with van der Waals surface area (Å²) in [4.78, 5) is 36.8. The van der Waals surface area contributed by atoms with Crippen LogP contribution in [-0.4, -0.2) is 51.6 Å². The summed E-state index contributed by atoms with van der Waals surface area (Å²) in [6.07, 6.45) is 3.09. The maximum atomic E-state index is 13.5. The molecule has 4 rings (SSSR count). The van der Waals surface area contributed by atoms with Gasteiger partial charge >= 0.3 is 6.09 Å². The molecule has 1 aliphatic heterocycles. The molecule has 2 heterocycles. The van der Waals surface area contributed by atoms with Crippen LogP contribution >= 0.6 is 0 Å². The highest BCUT2D eigenvalue weighted by Gasteiger charge is 2.32. The number of fused-ring (bicyclic) bond motifs is 1. The molecule has 7 heteroatoms. The van der Waals surface area contributed by atoms with Gasteiger partial charge < -0.3 is 15.0 Å². The number of rotatable bonds is 5. The largest absolute Gasteiger partial charge is 0.444 e. The Bertz CT molecular complexity index is 1130. The average molecular weight is 461 g/mol. The number of nitrogens with one attached hydrogen (secondary N) is 1. The van der Waals surface area contributed by atoms with Crippen LogP contribution in [0, 0.1) is 0 Å². The fourth-order valence-corrected chi connectivity index (χ4v) is 4.44. The highest BCUT2D eigenvalue weighted by Crippen LogP contribution is 2.31. The fraction of sp³-hybridized carbons (Fsp3) is 0.407. The second kappa shape index (κ2) is 10.2. The molecule has 2 aromatic carbocycles. The maximum absolute atomic E-state index is 13.5. The zero-order chi connectivity index (χ0) is 24.1. The molecule has 1 aromatic heterocycles. The molecule has 1 fully saturated rings. The highest BCUT2D eigenvalue weighted by molar-refractivity contribution is 5.86. The zero-order valence-corrected chi connectivity index (χ0v) is 20.0. The lowest BCUT2D eigenvalue weighted by atomic mass is 9.90. The monoisotopic (exact) mass is 460 g/mol. The number of nitrogens with zero attached hydrogens (tertiary/aromatic N) is 3. The molecule has 178 valence electrons. The lowest BCUT2D eigenvalue weighted by Crippen LogP contribution is -2.52. The van der Waals surface area contributed by atoms with Gasteiger partial charge in [0.2, 0.25) is 5.91 Å². The van der Waals surface area contributed by atoms with Gasteiger partial charge in [0.1, 0.15) is 18.0 Å². The highest BCUT2D eigenvalue weighted by atomic mass is 16.6. The van der Waals surface area contributed by atoms with Gasteiger partial charge in [0.15, 0.2) is 0 Å². The standard InChI is InChI=1S/C27H32N4O3/c1-27(2,3)34-26(33)30-23(17-19-9-5-4-6-10-19)25(32)31-15-13-20(14-16-31)24-21-11-7-8-12-22(21)28-18-29-24/h4-12,18,20,23H,13-17H2,1-3H3,(H,30,33). The molecular formula is C27H32N4O3. The number of carbonyl (C=O) groups excluding carboxylic acids is 2. The molecule has 1 aliphatic rings. The molecule has 0 bridgehead atoms. The summed E-state index contributed by atoms with van der Waals surface area (Å²) in [7, 11) is 0. The third-order valence-electron chi connectivity index (χ3n) is 6.04. The molecule has 3 aromatic rings. The predicted octanol–water partition coefficient (Wildman–Crippen LogP) is 4.47. The lowest BCUT2D eigenvalue weighted by Gasteiger charge is -2.34. The van der Waals surface area contributed by atoms with Crippen molar-refractivity contribution >= 4 is 22.9 Å². The van der Waals surface area contributed by atoms with Crippen molar-refractivity contribution in [1.29, 1.82) is 0 Å². The molecule has 0 radical (unpaired) electrons. The first-order valence-corrected chi connectivity index (χ1v) is 11.8. The van der Waals surface area contributed by atoms with Crippen molar-refractivity contribution in [3.63, 3.8) is 0 Å². The molecular weight excluding hydrogens is 428 g/mol. The molecule has 0 spiro atoms. The van der Waals surface area contributed by atoms with Gasteiger partial charge in [-0.25, -0.2) is 14.8 Å². The van der Waals surface area contributed by atoms with Crippen LogP contribution < -0.4 is 5.32 Å². The Kier molecular flexibility index (Phi) is 7.10. The Morgan fingerprint density at radius 2 is 1.71 bits per heavy atom. The first-order chi connectivity index (χ1) is 16.3. The number of alkyl carbamates (subject to hydrolysis) is 1. The second-order valence-electron chi connectivity index (χ2n) is 9.76. The number of benzene rings is 2. The van der Waals surface area contributed by atoms with Gasteiger partial charge in [0, 0.05) is 30.8 Å². The molecule has 1 atom stereocenters. The molecule has 34 heavy (non-hydrogen) atoms. The van der Waals surface area contributed by atoms with E-state index in [1.54, 1.807) is 6.33 Å². The van der Waals surface area contributed by atoms with Crippen LogP contribution in [0.2, 0.25) is 0 Å². The van der Waals surface area contributed by atoms with Crippen LogP contribution in [0.5, 0.6) is 0 Å². The predicted molar refractivity (Wildman–Crippen MR) is 131 cm³/mol. The summed E-state index contributed by atoms with van der Waals surface area (Å²) in [5.74, 6) is 0.184. The minimum absolute atomic E-state index is 0.0827. The molecule has 1 saturated heterocycles. The molecule has 1 N–H and O–H groups in total. The van der Waals surface area contributed by atoms with E-state index in [0.29, 0.717) is 19.5 Å². The van der Waals surface area contributed by atoms with Gasteiger partial charge in [-0.3, -0.25) is 4.79 Å². The molecule has 7 nitrogen and oxygen atoms in total. The fourth-order valence-electron chi connectivity index (χ4n) is 4.44. The first-order valence-electron chi connectivity index (χ1n) is 11.8. The third kappa shape index (κ3) is 5.90. The number of likely N-dealkylation sites (tertiary alicyclic amines) is 1. The normalized spacial score (nSPS) is 15.7. The van der Waals surface area contributed by atoms with Gasteiger partial charge in [-0.2, -0.15) is 0 Å². The topological polar surface area (TPSA) is 84.4 Å². The number of piperidine rings is 1. The Balaban J connectivity index is 1.45. The third-order valence-corrected chi connectivity index (χ3v) is 6.04. The lowest BCUT2D eigenvalue weighted by molar-refractivity contribution is -0.134. The summed E-state index contributed by atoms with van der Waals surface area (Å²) >= 11 is 0. The number of aromatic nitrogens is 2. The van der Waals surface area contributed by atoms with Crippen molar-refractivity contribution in [3.8, 4) is 0 Å². The van der Waals surface area contributed by atoms with E-state index >= 15 is 0 Å². The summed E-state index contributed by atoms with van der Waals surface area (Å²) in [6, 6.07) is 17.1. The minimum atomic E-state index is -0.686. The van der Waals surface area contributed by atoms with Crippen LogP contribution in [-0.2, 0) is 16.0 Å². The first kappa shape index (κ1) is 23.7. The Morgan fingerprint density at radius 1 is 1.03 bits per heavy atom. The van der Waals surface area contributed by atoms with Crippen molar-refractivity contribution < 1.29 is 14.3 Å². The number of carbonyl (C=O) groups is 2. The van der Waals surface area contributed by atoms with E-state index in [2.05, 4.69) is 21.4 Å². The van der Waals surface area contributed by atoms with Crippen molar-refractivity contribution in [1.82, 2.24) is 20.2 Å². The van der Waals surface area contributed by atoms with Crippen molar-refractivity contribution in [2.24, 2.45) is 0 Å².